The number of benzene rings is 1. The first-order valence-electron chi connectivity index (χ1n) is 13.3. The summed E-state index contributed by atoms with van der Waals surface area (Å²) in [7, 11) is 0. The Morgan fingerprint density at radius 1 is 1.13 bits per heavy atom. The van der Waals surface area contributed by atoms with Crippen molar-refractivity contribution in [2.45, 2.75) is 32.4 Å². The van der Waals surface area contributed by atoms with E-state index in [0.29, 0.717) is 5.91 Å². The molecular formula is C29H29N7OS. The summed E-state index contributed by atoms with van der Waals surface area (Å²) in [5.41, 5.74) is 5.94. The van der Waals surface area contributed by atoms with Crippen LogP contribution in [-0.2, 0) is 30.7 Å². The molecule has 9 heteroatoms. The van der Waals surface area contributed by atoms with Gasteiger partial charge in [-0.1, -0.05) is 12.1 Å². The molecule has 0 bridgehead atoms. The SMILES string of the molecule is O=C(C1CCc2c(sc3ncnc(Nc4ccc5c(c4)C=NC5)c23)C1)N1CCN(Cc2cccnc2)CC1. The van der Waals surface area contributed by atoms with Gasteiger partial charge < -0.3 is 10.2 Å². The Kier molecular flexibility index (Phi) is 6.09. The smallest absolute Gasteiger partial charge is 0.226 e. The number of hydrogen-bond acceptors (Lipinski definition) is 8. The van der Waals surface area contributed by atoms with Crippen LogP contribution in [0, 0.1) is 5.92 Å². The van der Waals surface area contributed by atoms with Crippen molar-refractivity contribution in [3.63, 3.8) is 0 Å². The lowest BCUT2D eigenvalue weighted by Gasteiger charge is -2.37. The zero-order chi connectivity index (χ0) is 25.5. The highest BCUT2D eigenvalue weighted by Crippen LogP contribution is 2.41. The minimum absolute atomic E-state index is 0.0424. The Hall–Kier alpha value is -3.69. The fourth-order valence-corrected chi connectivity index (χ4v) is 7.13. The number of anilines is 2. The van der Waals surface area contributed by atoms with Crippen LogP contribution in [0.2, 0.25) is 0 Å². The number of aryl methyl sites for hydroxylation is 1. The maximum Gasteiger partial charge on any atom is 0.226 e. The third-order valence-corrected chi connectivity index (χ3v) is 9.07. The topological polar surface area (TPSA) is 86.6 Å². The number of aromatic nitrogens is 3. The van der Waals surface area contributed by atoms with E-state index in [1.807, 2.05) is 18.5 Å². The highest BCUT2D eigenvalue weighted by molar-refractivity contribution is 7.19. The molecule has 4 aromatic rings. The van der Waals surface area contributed by atoms with E-state index < -0.39 is 0 Å². The zero-order valence-corrected chi connectivity index (χ0v) is 22.0. The van der Waals surface area contributed by atoms with Crippen molar-refractivity contribution in [1.29, 1.82) is 0 Å². The van der Waals surface area contributed by atoms with Gasteiger partial charge in [0.25, 0.3) is 0 Å². The molecule has 3 aliphatic rings. The molecule has 5 heterocycles. The van der Waals surface area contributed by atoms with Crippen molar-refractivity contribution < 1.29 is 4.79 Å². The lowest BCUT2D eigenvalue weighted by Crippen LogP contribution is -2.50. The second kappa shape index (κ2) is 9.89. The normalized spacial score (nSPS) is 18.9. The van der Waals surface area contributed by atoms with Crippen molar-refractivity contribution in [3.05, 3.63) is 76.2 Å². The molecular weight excluding hydrogens is 494 g/mol. The van der Waals surface area contributed by atoms with Crippen molar-refractivity contribution in [2.24, 2.45) is 10.9 Å². The van der Waals surface area contributed by atoms with Gasteiger partial charge in [-0.05, 0) is 59.7 Å². The quantitative estimate of drug-likeness (QED) is 0.422. The maximum absolute atomic E-state index is 13.5. The van der Waals surface area contributed by atoms with Crippen LogP contribution < -0.4 is 5.32 Å². The summed E-state index contributed by atoms with van der Waals surface area (Å²) in [4.78, 5) is 38.0. The van der Waals surface area contributed by atoms with E-state index in [9.17, 15) is 4.79 Å². The van der Waals surface area contributed by atoms with Gasteiger partial charge in [0.1, 0.15) is 17.0 Å². The lowest BCUT2D eigenvalue weighted by molar-refractivity contribution is -0.137. The van der Waals surface area contributed by atoms with E-state index in [1.165, 1.54) is 21.6 Å². The van der Waals surface area contributed by atoms with Crippen LogP contribution in [0.3, 0.4) is 0 Å². The first-order valence-corrected chi connectivity index (χ1v) is 14.1. The first-order chi connectivity index (χ1) is 18.7. The number of aliphatic imine (C=N–C) groups is 1. The number of fused-ring (bicyclic) bond motifs is 4. The van der Waals surface area contributed by atoms with Gasteiger partial charge in [-0.25, -0.2) is 9.97 Å². The minimum atomic E-state index is 0.0424. The Morgan fingerprint density at radius 3 is 2.92 bits per heavy atom. The summed E-state index contributed by atoms with van der Waals surface area (Å²) < 4.78 is 0. The summed E-state index contributed by atoms with van der Waals surface area (Å²) in [5, 5.41) is 4.64. The van der Waals surface area contributed by atoms with Gasteiger partial charge in [0.05, 0.1) is 11.9 Å². The van der Waals surface area contributed by atoms with Crippen LogP contribution in [0.1, 0.15) is 33.6 Å². The molecule has 0 saturated carbocycles. The van der Waals surface area contributed by atoms with Gasteiger partial charge in [0.15, 0.2) is 0 Å². The summed E-state index contributed by atoms with van der Waals surface area (Å²) in [5.74, 6) is 1.19. The monoisotopic (exact) mass is 523 g/mol. The average Bonchev–Trinajstić information content (AvgIpc) is 3.58. The third kappa shape index (κ3) is 4.46. The molecule has 1 amide bonds. The Labute approximate surface area is 225 Å². The lowest BCUT2D eigenvalue weighted by atomic mass is 9.86. The van der Waals surface area contributed by atoms with Crippen LogP contribution in [0.15, 0.2) is 54.0 Å². The second-order valence-electron chi connectivity index (χ2n) is 10.3. The predicted octanol–water partition coefficient (Wildman–Crippen LogP) is 4.21. The largest absolute Gasteiger partial charge is 0.340 e. The number of rotatable bonds is 5. The Balaban J connectivity index is 1.04. The molecule has 1 fully saturated rings. The molecule has 1 aromatic carbocycles. The number of thiophene rings is 1. The second-order valence-corrected chi connectivity index (χ2v) is 11.4. The number of nitrogens with one attached hydrogen (secondary N) is 1. The molecule has 2 aliphatic heterocycles. The van der Waals surface area contributed by atoms with E-state index in [1.54, 1.807) is 23.9 Å². The van der Waals surface area contributed by atoms with E-state index in [0.717, 1.165) is 85.8 Å². The maximum atomic E-state index is 13.5. The molecule has 38 heavy (non-hydrogen) atoms. The van der Waals surface area contributed by atoms with Crippen LogP contribution in [0.5, 0.6) is 0 Å². The number of amides is 1. The van der Waals surface area contributed by atoms with Crippen molar-refractivity contribution >= 4 is 45.2 Å². The van der Waals surface area contributed by atoms with Crippen LogP contribution in [0.4, 0.5) is 11.5 Å². The number of carbonyl (C=O) groups is 1. The molecule has 1 aliphatic carbocycles. The molecule has 192 valence electrons. The fraction of sp³-hybridized carbons (Fsp3) is 0.345. The number of piperazine rings is 1. The van der Waals surface area contributed by atoms with E-state index in [-0.39, 0.29) is 5.92 Å². The number of nitrogens with zero attached hydrogens (tertiary/aromatic N) is 6. The van der Waals surface area contributed by atoms with Gasteiger partial charge in [0.2, 0.25) is 5.91 Å². The number of hydrogen-bond donors (Lipinski definition) is 1. The molecule has 8 nitrogen and oxygen atoms in total. The van der Waals surface area contributed by atoms with Crippen molar-refractivity contribution in [3.8, 4) is 0 Å². The molecule has 0 radical (unpaired) electrons. The predicted molar refractivity (Wildman–Crippen MR) is 150 cm³/mol. The summed E-state index contributed by atoms with van der Waals surface area (Å²) in [6.45, 7) is 5.04. The molecule has 3 aromatic heterocycles. The molecule has 1 saturated heterocycles. The standard InChI is InChI=1S/C29H29N7OS/c37-29(36-10-8-35(9-11-36)17-19-2-1-7-30-14-19)20-4-6-24-25(13-20)38-28-26(24)27(32-18-33-28)34-23-5-3-21-15-31-16-22(21)12-23/h1-3,5,7,12,14,16,18,20H,4,6,8-11,13,15,17H2,(H,32,33,34). The number of pyridine rings is 1. The van der Waals surface area contributed by atoms with Crippen LogP contribution in [0.25, 0.3) is 10.2 Å². The van der Waals surface area contributed by atoms with Gasteiger partial charge in [-0.2, -0.15) is 0 Å². The molecule has 7 rings (SSSR count). The zero-order valence-electron chi connectivity index (χ0n) is 21.1. The van der Waals surface area contributed by atoms with Gasteiger partial charge in [-0.15, -0.1) is 11.3 Å². The van der Waals surface area contributed by atoms with Crippen molar-refractivity contribution in [2.75, 3.05) is 31.5 Å². The summed E-state index contributed by atoms with van der Waals surface area (Å²) in [6.07, 6.45) is 9.84. The Morgan fingerprint density at radius 2 is 2.05 bits per heavy atom. The average molecular weight is 524 g/mol. The molecule has 1 atom stereocenters. The molecule has 0 spiro atoms. The third-order valence-electron chi connectivity index (χ3n) is 7.91. The van der Waals surface area contributed by atoms with Crippen molar-refractivity contribution in [1.82, 2.24) is 24.8 Å². The van der Waals surface area contributed by atoms with Crippen LogP contribution >= 0.6 is 11.3 Å². The van der Waals surface area contributed by atoms with Gasteiger partial charge in [-0.3, -0.25) is 19.7 Å². The number of carbonyl (C=O) groups excluding carboxylic acids is 1. The van der Waals surface area contributed by atoms with Gasteiger partial charge in [0, 0.05) is 67.8 Å². The summed E-state index contributed by atoms with van der Waals surface area (Å²) in [6, 6.07) is 10.4. The van der Waals surface area contributed by atoms with E-state index in [2.05, 4.69) is 59.3 Å². The minimum Gasteiger partial charge on any atom is -0.340 e. The van der Waals surface area contributed by atoms with Crippen LogP contribution in [-0.4, -0.2) is 63.1 Å². The molecule has 1 unspecified atom stereocenters. The fourth-order valence-electron chi connectivity index (χ4n) is 5.87. The van der Waals surface area contributed by atoms with Gasteiger partial charge >= 0.3 is 0 Å². The molecule has 1 N–H and O–H groups in total. The Bertz CT molecular complexity index is 1520. The first kappa shape index (κ1) is 23.4. The highest BCUT2D eigenvalue weighted by atomic mass is 32.1. The summed E-state index contributed by atoms with van der Waals surface area (Å²) >= 11 is 1.72. The van der Waals surface area contributed by atoms with E-state index >= 15 is 0 Å². The van der Waals surface area contributed by atoms with E-state index in [4.69, 9.17) is 0 Å². The highest BCUT2D eigenvalue weighted by Gasteiger charge is 2.33.